The van der Waals surface area contributed by atoms with E-state index in [1.54, 1.807) is 0 Å². The minimum atomic E-state index is 0.609. The molecule has 0 radical (unpaired) electrons. The summed E-state index contributed by atoms with van der Waals surface area (Å²) in [6, 6.07) is 0. The van der Waals surface area contributed by atoms with E-state index in [9.17, 15) is 0 Å². The van der Waals surface area contributed by atoms with Gasteiger partial charge in [0.25, 0.3) is 0 Å². The predicted octanol–water partition coefficient (Wildman–Crippen LogP) is 4.02. The molecule has 0 aromatic carbocycles. The summed E-state index contributed by atoms with van der Waals surface area (Å²) in [7, 11) is 0. The van der Waals surface area contributed by atoms with Crippen LogP contribution in [0.15, 0.2) is 0 Å². The lowest BCUT2D eigenvalue weighted by atomic mass is 9.98. The van der Waals surface area contributed by atoms with Gasteiger partial charge in [-0.05, 0) is 32.1 Å². The third-order valence-corrected chi connectivity index (χ3v) is 4.52. The molecule has 1 aliphatic rings. The van der Waals surface area contributed by atoms with Crippen LogP contribution in [0, 0.1) is 12.8 Å². The summed E-state index contributed by atoms with van der Waals surface area (Å²) < 4.78 is 0. The summed E-state index contributed by atoms with van der Waals surface area (Å²) in [5.74, 6) is 2.77. The molecule has 0 amide bonds. The zero-order chi connectivity index (χ0) is 13.8. The number of anilines is 1. The van der Waals surface area contributed by atoms with Gasteiger partial charge in [-0.25, -0.2) is 9.97 Å². The van der Waals surface area contributed by atoms with Gasteiger partial charge in [0.2, 0.25) is 0 Å². The summed E-state index contributed by atoms with van der Waals surface area (Å²) in [5, 5.41) is 0.609. The van der Waals surface area contributed by atoms with Gasteiger partial charge in [-0.15, -0.1) is 0 Å². The minimum absolute atomic E-state index is 0.609. The van der Waals surface area contributed by atoms with E-state index in [0.717, 1.165) is 42.6 Å². The molecule has 1 aliphatic heterocycles. The zero-order valence-corrected chi connectivity index (χ0v) is 13.0. The number of halogens is 1. The normalized spacial score (nSPS) is 20.4. The molecule has 0 saturated carbocycles. The standard InChI is InChI=1S/C15H24ClN3/c1-4-12-7-6-9-19(10-8-12)15-11(3)14(16)17-13(5-2)18-15/h12H,4-10H2,1-3H3. The maximum Gasteiger partial charge on any atom is 0.137 e. The van der Waals surface area contributed by atoms with E-state index in [-0.39, 0.29) is 0 Å². The first-order valence-corrected chi connectivity index (χ1v) is 7.81. The van der Waals surface area contributed by atoms with Crippen LogP contribution in [-0.4, -0.2) is 23.1 Å². The molecule has 0 aliphatic carbocycles. The molecule has 0 bridgehead atoms. The Morgan fingerprint density at radius 3 is 2.68 bits per heavy atom. The van der Waals surface area contributed by atoms with Crippen molar-refractivity contribution in [3.63, 3.8) is 0 Å². The van der Waals surface area contributed by atoms with E-state index in [0.29, 0.717) is 5.15 Å². The lowest BCUT2D eigenvalue weighted by Gasteiger charge is -2.24. The van der Waals surface area contributed by atoms with E-state index in [1.165, 1.54) is 25.7 Å². The third kappa shape index (κ3) is 3.38. The monoisotopic (exact) mass is 281 g/mol. The Balaban J connectivity index is 2.23. The largest absolute Gasteiger partial charge is 0.356 e. The van der Waals surface area contributed by atoms with E-state index in [1.807, 2.05) is 6.92 Å². The van der Waals surface area contributed by atoms with Crippen LogP contribution in [0.2, 0.25) is 5.15 Å². The van der Waals surface area contributed by atoms with Gasteiger partial charge in [0.05, 0.1) is 0 Å². The van der Waals surface area contributed by atoms with E-state index < -0.39 is 0 Å². The van der Waals surface area contributed by atoms with Crippen molar-refractivity contribution >= 4 is 17.4 Å². The van der Waals surface area contributed by atoms with Gasteiger partial charge >= 0.3 is 0 Å². The van der Waals surface area contributed by atoms with Crippen molar-refractivity contribution < 1.29 is 0 Å². The molecule has 0 N–H and O–H groups in total. The summed E-state index contributed by atoms with van der Waals surface area (Å²) in [6.07, 6.45) is 5.97. The van der Waals surface area contributed by atoms with Gasteiger partial charge in [-0.1, -0.05) is 31.9 Å². The van der Waals surface area contributed by atoms with Gasteiger partial charge in [0.1, 0.15) is 16.8 Å². The number of nitrogens with zero attached hydrogens (tertiary/aromatic N) is 3. The SMILES string of the molecule is CCc1nc(Cl)c(C)c(N2CCCC(CC)CC2)n1. The average molecular weight is 282 g/mol. The summed E-state index contributed by atoms with van der Waals surface area (Å²) in [4.78, 5) is 11.4. The summed E-state index contributed by atoms with van der Waals surface area (Å²) in [5.41, 5.74) is 1.02. The average Bonchev–Trinajstić information content (AvgIpc) is 2.67. The second kappa shape index (κ2) is 6.56. The fourth-order valence-electron chi connectivity index (χ4n) is 2.77. The first-order chi connectivity index (χ1) is 9.15. The van der Waals surface area contributed by atoms with Gasteiger partial charge in [0.15, 0.2) is 0 Å². The highest BCUT2D eigenvalue weighted by Crippen LogP contribution is 2.28. The van der Waals surface area contributed by atoms with Gasteiger partial charge < -0.3 is 4.90 Å². The molecule has 1 atom stereocenters. The summed E-state index contributed by atoms with van der Waals surface area (Å²) >= 11 is 6.24. The predicted molar refractivity (Wildman–Crippen MR) is 81.0 cm³/mol. The first-order valence-electron chi connectivity index (χ1n) is 7.43. The van der Waals surface area contributed by atoms with Crippen molar-refractivity contribution in [3.8, 4) is 0 Å². The molecule has 1 aromatic heterocycles. The van der Waals surface area contributed by atoms with E-state index in [2.05, 4.69) is 23.7 Å². The highest BCUT2D eigenvalue weighted by molar-refractivity contribution is 6.30. The van der Waals surface area contributed by atoms with Crippen LogP contribution in [0.5, 0.6) is 0 Å². The van der Waals surface area contributed by atoms with Crippen molar-refractivity contribution in [3.05, 3.63) is 16.5 Å². The molecule has 1 unspecified atom stereocenters. The van der Waals surface area contributed by atoms with Gasteiger partial charge in [-0.2, -0.15) is 0 Å². The van der Waals surface area contributed by atoms with Crippen molar-refractivity contribution in [2.75, 3.05) is 18.0 Å². The second-order valence-corrected chi connectivity index (χ2v) is 5.78. The van der Waals surface area contributed by atoms with E-state index in [4.69, 9.17) is 16.6 Å². The van der Waals surface area contributed by atoms with Crippen LogP contribution in [-0.2, 0) is 6.42 Å². The lowest BCUT2D eigenvalue weighted by Crippen LogP contribution is -2.26. The topological polar surface area (TPSA) is 29.0 Å². The molecule has 0 spiro atoms. The fraction of sp³-hybridized carbons (Fsp3) is 0.733. The molecule has 106 valence electrons. The maximum absolute atomic E-state index is 6.24. The molecule has 1 aromatic rings. The molecule has 2 rings (SSSR count). The number of hydrogen-bond donors (Lipinski definition) is 0. The van der Waals surface area contributed by atoms with Crippen LogP contribution in [0.4, 0.5) is 5.82 Å². The maximum atomic E-state index is 6.24. The Kier molecular flexibility index (Phi) is 5.03. The van der Waals surface area contributed by atoms with Gasteiger partial charge in [0, 0.05) is 25.1 Å². The Labute approximate surface area is 121 Å². The van der Waals surface area contributed by atoms with E-state index >= 15 is 0 Å². The minimum Gasteiger partial charge on any atom is -0.356 e. The highest BCUT2D eigenvalue weighted by Gasteiger charge is 2.20. The van der Waals surface area contributed by atoms with Crippen LogP contribution >= 0.6 is 11.6 Å². The lowest BCUT2D eigenvalue weighted by molar-refractivity contribution is 0.459. The van der Waals surface area contributed by atoms with Crippen molar-refractivity contribution in [1.82, 2.24) is 9.97 Å². The Morgan fingerprint density at radius 2 is 2.00 bits per heavy atom. The fourth-order valence-corrected chi connectivity index (χ4v) is 2.95. The van der Waals surface area contributed by atoms with Crippen LogP contribution in [0.1, 0.15) is 50.9 Å². The highest BCUT2D eigenvalue weighted by atomic mass is 35.5. The molecule has 19 heavy (non-hydrogen) atoms. The second-order valence-electron chi connectivity index (χ2n) is 5.43. The number of rotatable bonds is 3. The third-order valence-electron chi connectivity index (χ3n) is 4.15. The molecular formula is C15H24ClN3. The van der Waals surface area contributed by atoms with Crippen molar-refractivity contribution in [2.24, 2.45) is 5.92 Å². The number of hydrogen-bond acceptors (Lipinski definition) is 3. The Hall–Kier alpha value is -0.830. The van der Waals surface area contributed by atoms with Crippen molar-refractivity contribution in [2.45, 2.75) is 52.9 Å². The number of aryl methyl sites for hydroxylation is 1. The van der Waals surface area contributed by atoms with Gasteiger partial charge in [-0.3, -0.25) is 0 Å². The Bertz CT molecular complexity index is 434. The molecular weight excluding hydrogens is 258 g/mol. The first kappa shape index (κ1) is 14.6. The molecule has 1 saturated heterocycles. The quantitative estimate of drug-likeness (QED) is 0.784. The van der Waals surface area contributed by atoms with Crippen LogP contribution in [0.3, 0.4) is 0 Å². The molecule has 3 nitrogen and oxygen atoms in total. The zero-order valence-electron chi connectivity index (χ0n) is 12.2. The van der Waals surface area contributed by atoms with Crippen LogP contribution in [0.25, 0.3) is 0 Å². The molecule has 4 heteroatoms. The van der Waals surface area contributed by atoms with Crippen molar-refractivity contribution in [1.29, 1.82) is 0 Å². The molecule has 2 heterocycles. The van der Waals surface area contributed by atoms with Crippen LogP contribution < -0.4 is 4.90 Å². The number of aromatic nitrogens is 2. The summed E-state index contributed by atoms with van der Waals surface area (Å²) in [6.45, 7) is 8.58. The smallest absolute Gasteiger partial charge is 0.137 e. The molecule has 1 fully saturated rings. The Morgan fingerprint density at radius 1 is 1.21 bits per heavy atom.